The smallest absolute Gasteiger partial charge is 0.336 e. The minimum atomic E-state index is -0.981. The third kappa shape index (κ3) is 2.25. The van der Waals surface area contributed by atoms with Crippen molar-refractivity contribution >= 4 is 22.7 Å². The van der Waals surface area contributed by atoms with Crippen LogP contribution in [0, 0.1) is 0 Å². The summed E-state index contributed by atoms with van der Waals surface area (Å²) in [4.78, 5) is 22.5. The third-order valence-corrected chi connectivity index (χ3v) is 3.52. The summed E-state index contributed by atoms with van der Waals surface area (Å²) in [5.41, 5.74) is 2.07. The Morgan fingerprint density at radius 1 is 1.00 bits per heavy atom. The highest BCUT2D eigenvalue weighted by Gasteiger charge is 2.17. The number of aromatic carboxylic acids is 2. The fourth-order valence-corrected chi connectivity index (χ4v) is 2.59. The standard InChI is InChI=1S/C16H16O4/c1-3-9-7-11-8-10(15(17)18)5-6-13(11)12(4-2)14(9)16(19)20/h5-8H,3-4H2,1-2H3,(H,17,18)(H,19,20). The molecule has 0 saturated heterocycles. The Kier molecular flexibility index (Phi) is 3.74. The summed E-state index contributed by atoms with van der Waals surface area (Å²) in [7, 11) is 0. The van der Waals surface area contributed by atoms with Gasteiger partial charge in [0.1, 0.15) is 0 Å². The van der Waals surface area contributed by atoms with Gasteiger partial charge < -0.3 is 10.2 Å². The van der Waals surface area contributed by atoms with Gasteiger partial charge in [-0.1, -0.05) is 26.0 Å². The van der Waals surface area contributed by atoms with Crippen LogP contribution in [-0.2, 0) is 12.8 Å². The fourth-order valence-electron chi connectivity index (χ4n) is 2.59. The molecule has 2 aromatic rings. The van der Waals surface area contributed by atoms with Gasteiger partial charge in [0.25, 0.3) is 0 Å². The molecule has 2 N–H and O–H groups in total. The summed E-state index contributed by atoms with van der Waals surface area (Å²) in [6.45, 7) is 3.81. The summed E-state index contributed by atoms with van der Waals surface area (Å²) >= 11 is 0. The van der Waals surface area contributed by atoms with Crippen LogP contribution in [0.25, 0.3) is 10.8 Å². The Balaban J connectivity index is 2.86. The van der Waals surface area contributed by atoms with Crippen molar-refractivity contribution in [3.63, 3.8) is 0 Å². The van der Waals surface area contributed by atoms with E-state index in [4.69, 9.17) is 5.11 Å². The molecule has 0 fully saturated rings. The normalized spacial score (nSPS) is 10.7. The number of benzene rings is 2. The van der Waals surface area contributed by atoms with Crippen LogP contribution in [0.2, 0.25) is 0 Å². The molecule has 4 nitrogen and oxygen atoms in total. The monoisotopic (exact) mass is 272 g/mol. The van der Waals surface area contributed by atoms with Crippen LogP contribution in [0.5, 0.6) is 0 Å². The fraction of sp³-hybridized carbons (Fsp3) is 0.250. The average molecular weight is 272 g/mol. The first kappa shape index (κ1) is 14.1. The Morgan fingerprint density at radius 2 is 1.70 bits per heavy atom. The molecule has 2 aromatic carbocycles. The molecule has 0 bridgehead atoms. The van der Waals surface area contributed by atoms with Crippen LogP contribution < -0.4 is 0 Å². The maximum absolute atomic E-state index is 11.5. The molecule has 0 aliphatic carbocycles. The quantitative estimate of drug-likeness (QED) is 0.894. The molecule has 0 spiro atoms. The zero-order valence-corrected chi connectivity index (χ0v) is 11.4. The van der Waals surface area contributed by atoms with E-state index in [2.05, 4.69) is 0 Å². The summed E-state index contributed by atoms with van der Waals surface area (Å²) in [6, 6.07) is 6.59. The van der Waals surface area contributed by atoms with Gasteiger partial charge in [0.05, 0.1) is 11.1 Å². The van der Waals surface area contributed by atoms with E-state index in [1.165, 1.54) is 6.07 Å². The Labute approximate surface area is 116 Å². The molecule has 4 heteroatoms. The molecule has 0 aliphatic heterocycles. The molecule has 0 radical (unpaired) electrons. The predicted molar refractivity (Wildman–Crippen MR) is 76.6 cm³/mol. The highest BCUT2D eigenvalue weighted by atomic mass is 16.4. The van der Waals surface area contributed by atoms with Crippen molar-refractivity contribution < 1.29 is 19.8 Å². The van der Waals surface area contributed by atoms with Crippen molar-refractivity contribution in [1.29, 1.82) is 0 Å². The summed E-state index contributed by atoms with van der Waals surface area (Å²) in [5, 5.41) is 20.1. The van der Waals surface area contributed by atoms with Gasteiger partial charge in [-0.15, -0.1) is 0 Å². The van der Waals surface area contributed by atoms with Crippen LogP contribution >= 0.6 is 0 Å². The van der Waals surface area contributed by atoms with Crippen molar-refractivity contribution in [2.75, 3.05) is 0 Å². The number of rotatable bonds is 4. The molecule has 104 valence electrons. The number of aryl methyl sites for hydroxylation is 2. The summed E-state index contributed by atoms with van der Waals surface area (Å²) in [5.74, 6) is -1.91. The van der Waals surface area contributed by atoms with Crippen molar-refractivity contribution in [2.45, 2.75) is 26.7 Å². The minimum absolute atomic E-state index is 0.213. The molecule has 0 atom stereocenters. The molecule has 2 rings (SSSR count). The van der Waals surface area contributed by atoms with E-state index in [1.807, 2.05) is 13.8 Å². The first-order valence-electron chi connectivity index (χ1n) is 6.54. The molecule has 0 amide bonds. The van der Waals surface area contributed by atoms with E-state index >= 15 is 0 Å². The molecule has 0 aliphatic rings. The van der Waals surface area contributed by atoms with E-state index in [9.17, 15) is 14.7 Å². The van der Waals surface area contributed by atoms with Gasteiger partial charge in [-0.05, 0) is 46.9 Å². The van der Waals surface area contributed by atoms with E-state index in [0.717, 1.165) is 21.9 Å². The molecule has 0 saturated carbocycles. The first-order chi connectivity index (χ1) is 9.49. The molecule has 0 aromatic heterocycles. The van der Waals surface area contributed by atoms with E-state index in [1.54, 1.807) is 18.2 Å². The number of hydrogen-bond donors (Lipinski definition) is 2. The first-order valence-corrected chi connectivity index (χ1v) is 6.54. The van der Waals surface area contributed by atoms with Gasteiger partial charge in [-0.25, -0.2) is 9.59 Å². The van der Waals surface area contributed by atoms with Crippen LogP contribution in [-0.4, -0.2) is 22.2 Å². The second-order valence-electron chi connectivity index (χ2n) is 4.64. The highest BCUT2D eigenvalue weighted by molar-refractivity contribution is 6.02. The summed E-state index contributed by atoms with van der Waals surface area (Å²) in [6.07, 6.45) is 1.19. The number of carboxylic acids is 2. The summed E-state index contributed by atoms with van der Waals surface area (Å²) < 4.78 is 0. The van der Waals surface area contributed by atoms with Gasteiger partial charge >= 0.3 is 11.9 Å². The lowest BCUT2D eigenvalue weighted by Crippen LogP contribution is -2.08. The Morgan fingerprint density at radius 3 is 2.20 bits per heavy atom. The zero-order chi connectivity index (χ0) is 14.9. The number of hydrogen-bond acceptors (Lipinski definition) is 2. The Bertz CT molecular complexity index is 701. The lowest BCUT2D eigenvalue weighted by atomic mass is 9.90. The van der Waals surface area contributed by atoms with Crippen LogP contribution in [0.3, 0.4) is 0 Å². The molecular weight excluding hydrogens is 256 g/mol. The van der Waals surface area contributed by atoms with Gasteiger partial charge in [0, 0.05) is 0 Å². The Hall–Kier alpha value is -2.36. The number of carbonyl (C=O) groups is 2. The zero-order valence-electron chi connectivity index (χ0n) is 11.4. The maximum atomic E-state index is 11.5. The van der Waals surface area contributed by atoms with Crippen LogP contribution in [0.15, 0.2) is 24.3 Å². The van der Waals surface area contributed by atoms with Gasteiger partial charge in [0.2, 0.25) is 0 Å². The van der Waals surface area contributed by atoms with Crippen molar-refractivity contribution in [3.05, 3.63) is 46.5 Å². The van der Waals surface area contributed by atoms with Crippen molar-refractivity contribution in [3.8, 4) is 0 Å². The van der Waals surface area contributed by atoms with Crippen molar-refractivity contribution in [2.24, 2.45) is 0 Å². The lowest BCUT2D eigenvalue weighted by molar-refractivity contribution is 0.0684. The second kappa shape index (κ2) is 5.33. The number of fused-ring (bicyclic) bond motifs is 1. The topological polar surface area (TPSA) is 74.6 Å². The molecule has 0 heterocycles. The minimum Gasteiger partial charge on any atom is -0.478 e. The van der Waals surface area contributed by atoms with Crippen LogP contribution in [0.1, 0.15) is 45.7 Å². The van der Waals surface area contributed by atoms with E-state index in [-0.39, 0.29) is 5.56 Å². The molecular formula is C16H16O4. The molecule has 0 unspecified atom stereocenters. The molecule has 20 heavy (non-hydrogen) atoms. The SMILES string of the molecule is CCc1cc2cc(C(=O)O)ccc2c(CC)c1C(=O)O. The maximum Gasteiger partial charge on any atom is 0.336 e. The third-order valence-electron chi connectivity index (χ3n) is 3.52. The van der Waals surface area contributed by atoms with E-state index in [0.29, 0.717) is 18.4 Å². The highest BCUT2D eigenvalue weighted by Crippen LogP contribution is 2.28. The predicted octanol–water partition coefficient (Wildman–Crippen LogP) is 3.36. The van der Waals surface area contributed by atoms with Crippen molar-refractivity contribution in [1.82, 2.24) is 0 Å². The van der Waals surface area contributed by atoms with Gasteiger partial charge in [-0.3, -0.25) is 0 Å². The van der Waals surface area contributed by atoms with Gasteiger partial charge in [0.15, 0.2) is 0 Å². The van der Waals surface area contributed by atoms with E-state index < -0.39 is 11.9 Å². The second-order valence-corrected chi connectivity index (χ2v) is 4.64. The number of carboxylic acid groups (broad SMARTS) is 2. The van der Waals surface area contributed by atoms with Gasteiger partial charge in [-0.2, -0.15) is 0 Å². The van der Waals surface area contributed by atoms with Crippen LogP contribution in [0.4, 0.5) is 0 Å². The largest absolute Gasteiger partial charge is 0.478 e. The lowest BCUT2D eigenvalue weighted by Gasteiger charge is -2.13. The average Bonchev–Trinajstić information content (AvgIpc) is 2.43.